The van der Waals surface area contributed by atoms with E-state index < -0.39 is 5.97 Å². The fourth-order valence-electron chi connectivity index (χ4n) is 3.28. The summed E-state index contributed by atoms with van der Waals surface area (Å²) in [7, 11) is 1.66. The number of aromatic nitrogens is 1. The topological polar surface area (TPSA) is 88.9 Å². The highest BCUT2D eigenvalue weighted by atomic mass is 16.5. The summed E-state index contributed by atoms with van der Waals surface area (Å²) in [6.07, 6.45) is 11.1. The minimum Gasteiger partial charge on any atom is -0.497 e. The number of methoxy groups -OCH3 is 1. The number of rotatable bonds is 16. The first-order valence-electron chi connectivity index (χ1n) is 11.4. The number of allylic oxidation sites excluding steroid dienone is 1. The first kappa shape index (κ1) is 25.4. The molecular formula is C26H35NO5. The Hall–Kier alpha value is -2.86. The molecule has 0 bridgehead atoms. The summed E-state index contributed by atoms with van der Waals surface area (Å²) in [5.74, 6) is 0.695. The van der Waals surface area contributed by atoms with E-state index >= 15 is 0 Å². The van der Waals surface area contributed by atoms with Crippen LogP contribution in [0.4, 0.5) is 0 Å². The summed E-state index contributed by atoms with van der Waals surface area (Å²) in [6, 6.07) is 11.8. The van der Waals surface area contributed by atoms with Crippen LogP contribution in [0.1, 0.15) is 61.9 Å². The van der Waals surface area contributed by atoms with Crippen molar-refractivity contribution in [2.24, 2.45) is 0 Å². The maximum absolute atomic E-state index is 11.0. The Labute approximate surface area is 190 Å². The van der Waals surface area contributed by atoms with E-state index in [1.165, 1.54) is 0 Å². The summed E-state index contributed by atoms with van der Waals surface area (Å²) in [6.45, 7) is 0.787. The lowest BCUT2D eigenvalue weighted by molar-refractivity contribution is -0.136. The monoisotopic (exact) mass is 441 g/mol. The number of hydrogen-bond donors (Lipinski definition) is 2. The molecule has 2 N–H and O–H groups in total. The molecule has 0 spiro atoms. The predicted octanol–water partition coefficient (Wildman–Crippen LogP) is 5.08. The van der Waals surface area contributed by atoms with Gasteiger partial charge in [-0.05, 0) is 68.4 Å². The average Bonchev–Trinajstić information content (AvgIpc) is 2.81. The molecule has 0 saturated carbocycles. The van der Waals surface area contributed by atoms with Crippen molar-refractivity contribution in [3.05, 3.63) is 59.4 Å². The molecule has 0 radical (unpaired) electrons. The number of aliphatic carboxylic acids is 1. The van der Waals surface area contributed by atoms with Crippen LogP contribution in [0.5, 0.6) is 11.5 Å². The maximum atomic E-state index is 11.0. The van der Waals surface area contributed by atoms with Gasteiger partial charge in [0.25, 0.3) is 0 Å². The Morgan fingerprint density at radius 2 is 1.81 bits per heavy atom. The van der Waals surface area contributed by atoms with Crippen LogP contribution in [0, 0.1) is 0 Å². The molecule has 1 aromatic heterocycles. The zero-order chi connectivity index (χ0) is 23.0. The molecule has 0 atom stereocenters. The number of ether oxygens (including phenoxy) is 2. The van der Waals surface area contributed by atoms with E-state index in [2.05, 4.69) is 17.1 Å². The molecule has 6 nitrogen and oxygen atoms in total. The van der Waals surface area contributed by atoms with E-state index in [-0.39, 0.29) is 13.0 Å². The van der Waals surface area contributed by atoms with Crippen LogP contribution in [-0.2, 0) is 17.6 Å². The molecule has 0 fully saturated rings. The van der Waals surface area contributed by atoms with Gasteiger partial charge in [-0.1, -0.05) is 30.7 Å². The highest BCUT2D eigenvalue weighted by molar-refractivity contribution is 5.67. The average molecular weight is 442 g/mol. The quantitative estimate of drug-likeness (QED) is 0.353. The fourth-order valence-corrected chi connectivity index (χ4v) is 3.28. The summed E-state index contributed by atoms with van der Waals surface area (Å²) in [4.78, 5) is 15.6. The number of hydrogen-bond acceptors (Lipinski definition) is 5. The first-order chi connectivity index (χ1) is 15.6. The zero-order valence-electron chi connectivity index (χ0n) is 19.0. The van der Waals surface area contributed by atoms with Crippen molar-refractivity contribution in [3.8, 4) is 11.5 Å². The largest absolute Gasteiger partial charge is 0.497 e. The van der Waals surface area contributed by atoms with Gasteiger partial charge in [0, 0.05) is 18.7 Å². The van der Waals surface area contributed by atoms with Gasteiger partial charge >= 0.3 is 5.97 Å². The van der Waals surface area contributed by atoms with Gasteiger partial charge < -0.3 is 19.7 Å². The van der Waals surface area contributed by atoms with Crippen molar-refractivity contribution in [2.45, 2.75) is 57.8 Å². The second kappa shape index (κ2) is 15.0. The first-order valence-corrected chi connectivity index (χ1v) is 11.4. The molecule has 1 aromatic carbocycles. The normalized spacial score (nSPS) is 11.1. The van der Waals surface area contributed by atoms with Gasteiger partial charge in [-0.25, -0.2) is 0 Å². The molecular weight excluding hydrogens is 406 g/mol. The highest BCUT2D eigenvalue weighted by Crippen LogP contribution is 2.21. The van der Waals surface area contributed by atoms with Crippen molar-refractivity contribution in [1.82, 2.24) is 4.98 Å². The standard InChI is InChI=1S/C26H35NO5/c1-31-23-14-11-21(12-15-23)9-5-2-3-8-20-32-25-17-13-22(10-6-4-7-19-28)27-24(25)16-18-26(29)30/h5,9,11-15,17,28H,2-4,6-8,10,16,18-20H2,1H3,(H,29,30). The Morgan fingerprint density at radius 3 is 2.53 bits per heavy atom. The van der Waals surface area contributed by atoms with Crippen LogP contribution in [-0.4, -0.2) is 41.5 Å². The molecule has 32 heavy (non-hydrogen) atoms. The molecule has 2 aromatic rings. The lowest BCUT2D eigenvalue weighted by Crippen LogP contribution is -2.06. The van der Waals surface area contributed by atoms with Crippen molar-refractivity contribution in [3.63, 3.8) is 0 Å². The van der Waals surface area contributed by atoms with E-state index in [4.69, 9.17) is 19.7 Å². The zero-order valence-corrected chi connectivity index (χ0v) is 19.0. The number of pyridine rings is 1. The van der Waals surface area contributed by atoms with Gasteiger partial charge in [0.2, 0.25) is 0 Å². The van der Waals surface area contributed by atoms with E-state index in [0.29, 0.717) is 24.5 Å². The van der Waals surface area contributed by atoms with Gasteiger partial charge in [0.05, 0.1) is 25.8 Å². The number of nitrogens with zero attached hydrogens (tertiary/aromatic N) is 1. The predicted molar refractivity (Wildman–Crippen MR) is 126 cm³/mol. The van der Waals surface area contributed by atoms with E-state index in [1.807, 2.05) is 36.4 Å². The molecule has 1 heterocycles. The van der Waals surface area contributed by atoms with Crippen LogP contribution in [0.3, 0.4) is 0 Å². The van der Waals surface area contributed by atoms with Gasteiger partial charge in [0.1, 0.15) is 11.5 Å². The van der Waals surface area contributed by atoms with Crippen LogP contribution in [0.15, 0.2) is 42.5 Å². The lowest BCUT2D eigenvalue weighted by atomic mass is 10.1. The summed E-state index contributed by atoms with van der Waals surface area (Å²) < 4.78 is 11.1. The van der Waals surface area contributed by atoms with E-state index in [1.54, 1.807) is 7.11 Å². The number of benzene rings is 1. The SMILES string of the molecule is COc1ccc(C=CCCCCOc2ccc(CCCCCO)nc2CCC(=O)O)cc1. The Kier molecular flexibility index (Phi) is 11.9. The summed E-state index contributed by atoms with van der Waals surface area (Å²) in [5, 5.41) is 17.9. The van der Waals surface area contributed by atoms with Crippen LogP contribution in [0.2, 0.25) is 0 Å². The second-order valence-electron chi connectivity index (χ2n) is 7.70. The molecule has 6 heteroatoms. The van der Waals surface area contributed by atoms with E-state index in [0.717, 1.165) is 62.0 Å². The van der Waals surface area contributed by atoms with Crippen LogP contribution in [0.25, 0.3) is 6.08 Å². The number of aliphatic hydroxyl groups is 1. The third kappa shape index (κ3) is 9.96. The van der Waals surface area contributed by atoms with Gasteiger partial charge in [-0.15, -0.1) is 0 Å². The van der Waals surface area contributed by atoms with Gasteiger partial charge in [-0.2, -0.15) is 0 Å². The molecule has 0 saturated heterocycles. The molecule has 2 rings (SSSR count). The van der Waals surface area contributed by atoms with Gasteiger partial charge in [0.15, 0.2) is 0 Å². The molecule has 0 aliphatic heterocycles. The van der Waals surface area contributed by atoms with Crippen molar-refractivity contribution in [1.29, 1.82) is 0 Å². The molecule has 0 unspecified atom stereocenters. The molecule has 174 valence electrons. The smallest absolute Gasteiger partial charge is 0.303 e. The molecule has 0 aliphatic carbocycles. The number of carboxylic acid groups (broad SMARTS) is 1. The van der Waals surface area contributed by atoms with Crippen LogP contribution >= 0.6 is 0 Å². The number of unbranched alkanes of at least 4 members (excludes halogenated alkanes) is 4. The molecule has 0 aliphatic rings. The number of aryl methyl sites for hydroxylation is 2. The minimum absolute atomic E-state index is 0.0352. The summed E-state index contributed by atoms with van der Waals surface area (Å²) in [5.41, 5.74) is 2.80. The Bertz CT molecular complexity index is 833. The number of aliphatic hydroxyl groups excluding tert-OH is 1. The second-order valence-corrected chi connectivity index (χ2v) is 7.70. The number of carbonyl (C=O) groups is 1. The maximum Gasteiger partial charge on any atom is 0.303 e. The van der Waals surface area contributed by atoms with E-state index in [9.17, 15) is 4.79 Å². The lowest BCUT2D eigenvalue weighted by Gasteiger charge is -2.12. The third-order valence-corrected chi connectivity index (χ3v) is 5.11. The van der Waals surface area contributed by atoms with Crippen molar-refractivity contribution >= 4 is 12.0 Å². The van der Waals surface area contributed by atoms with Crippen molar-refractivity contribution in [2.75, 3.05) is 20.3 Å². The third-order valence-electron chi connectivity index (χ3n) is 5.11. The Balaban J connectivity index is 1.78. The summed E-state index contributed by atoms with van der Waals surface area (Å²) >= 11 is 0. The minimum atomic E-state index is -0.838. The van der Waals surface area contributed by atoms with Gasteiger partial charge in [-0.3, -0.25) is 9.78 Å². The highest BCUT2D eigenvalue weighted by Gasteiger charge is 2.10. The Morgan fingerprint density at radius 1 is 1.00 bits per heavy atom. The number of carboxylic acids is 1. The van der Waals surface area contributed by atoms with Crippen molar-refractivity contribution < 1.29 is 24.5 Å². The fraction of sp³-hybridized carbons (Fsp3) is 0.462. The molecule has 0 amide bonds. The van der Waals surface area contributed by atoms with Crippen LogP contribution < -0.4 is 9.47 Å².